The molecule has 0 aliphatic heterocycles. The Balaban J connectivity index is 2.03. The van der Waals surface area contributed by atoms with E-state index < -0.39 is 0 Å². The summed E-state index contributed by atoms with van der Waals surface area (Å²) in [6, 6.07) is 12.1. The molecule has 2 N–H and O–H groups in total. The number of hydrogen-bond acceptors (Lipinski definition) is 4. The van der Waals surface area contributed by atoms with Gasteiger partial charge in [0.2, 0.25) is 5.75 Å². The summed E-state index contributed by atoms with van der Waals surface area (Å²) in [7, 11) is 4.82. The van der Waals surface area contributed by atoms with E-state index in [2.05, 4.69) is 35.4 Å². The maximum absolute atomic E-state index is 5.41. The van der Waals surface area contributed by atoms with Gasteiger partial charge in [-0.15, -0.1) is 0 Å². The molecule has 1 heterocycles. The van der Waals surface area contributed by atoms with E-state index in [1.54, 1.807) is 21.3 Å². The van der Waals surface area contributed by atoms with Crippen LogP contribution in [0.2, 0.25) is 0 Å². The Morgan fingerprint density at radius 1 is 0.958 bits per heavy atom. The molecule has 0 radical (unpaired) electrons. The lowest BCUT2D eigenvalue weighted by Crippen LogP contribution is -1.98. The predicted octanol–water partition coefficient (Wildman–Crippen LogP) is 4.50. The van der Waals surface area contributed by atoms with Crippen molar-refractivity contribution in [2.24, 2.45) is 0 Å². The number of nitrogens with one attached hydrogen (secondary N) is 2. The number of rotatable bonds is 6. The second-order valence-electron chi connectivity index (χ2n) is 5.45. The summed E-state index contributed by atoms with van der Waals surface area (Å²) in [4.78, 5) is 3.43. The van der Waals surface area contributed by atoms with Crippen LogP contribution in [-0.4, -0.2) is 26.3 Å². The van der Waals surface area contributed by atoms with Crippen molar-refractivity contribution in [3.8, 4) is 17.2 Å². The number of anilines is 2. The van der Waals surface area contributed by atoms with Gasteiger partial charge in [-0.1, -0.05) is 13.0 Å². The van der Waals surface area contributed by atoms with E-state index in [-0.39, 0.29) is 0 Å². The largest absolute Gasteiger partial charge is 0.493 e. The molecule has 5 heteroatoms. The molecule has 0 unspecified atom stereocenters. The average Bonchev–Trinajstić information content (AvgIpc) is 3.05. The highest BCUT2D eigenvalue weighted by Crippen LogP contribution is 2.41. The SMILES string of the molecule is CCc1cc2c(Nc3cc(OC)c(OC)c(OC)c3)cccc2[nH]1. The molecule has 2 aromatic carbocycles. The molecule has 0 aliphatic carbocycles. The second kappa shape index (κ2) is 6.74. The van der Waals surface area contributed by atoms with Crippen molar-refractivity contribution in [3.63, 3.8) is 0 Å². The van der Waals surface area contributed by atoms with Gasteiger partial charge in [0.25, 0.3) is 0 Å². The van der Waals surface area contributed by atoms with Crippen molar-refractivity contribution in [1.29, 1.82) is 0 Å². The number of hydrogen-bond donors (Lipinski definition) is 2. The number of H-pyrrole nitrogens is 1. The van der Waals surface area contributed by atoms with Crippen LogP contribution < -0.4 is 19.5 Å². The molecule has 3 aromatic rings. The maximum atomic E-state index is 5.41. The fourth-order valence-electron chi connectivity index (χ4n) is 2.82. The smallest absolute Gasteiger partial charge is 0.203 e. The lowest BCUT2D eigenvalue weighted by Gasteiger charge is -2.15. The molecule has 3 rings (SSSR count). The van der Waals surface area contributed by atoms with Crippen LogP contribution in [0.25, 0.3) is 10.9 Å². The molecule has 0 atom stereocenters. The highest BCUT2D eigenvalue weighted by molar-refractivity contribution is 5.94. The van der Waals surface area contributed by atoms with Crippen molar-refractivity contribution in [2.75, 3.05) is 26.6 Å². The fourth-order valence-corrected chi connectivity index (χ4v) is 2.82. The molecule has 0 saturated heterocycles. The van der Waals surface area contributed by atoms with Gasteiger partial charge < -0.3 is 24.5 Å². The topological polar surface area (TPSA) is 55.5 Å². The minimum Gasteiger partial charge on any atom is -0.493 e. The Bertz CT molecular complexity index is 830. The second-order valence-corrected chi connectivity index (χ2v) is 5.45. The molecule has 24 heavy (non-hydrogen) atoms. The number of ether oxygens (including phenoxy) is 3. The normalized spacial score (nSPS) is 10.7. The molecule has 0 fully saturated rings. The molecule has 5 nitrogen and oxygen atoms in total. The van der Waals surface area contributed by atoms with Gasteiger partial charge in [0.15, 0.2) is 11.5 Å². The number of aromatic amines is 1. The first-order chi connectivity index (χ1) is 11.7. The summed E-state index contributed by atoms with van der Waals surface area (Å²) in [6.07, 6.45) is 0.971. The molecule has 126 valence electrons. The van der Waals surface area contributed by atoms with Crippen LogP contribution in [0.4, 0.5) is 11.4 Å². The Hall–Kier alpha value is -2.82. The molecular formula is C19H22N2O3. The number of methoxy groups -OCH3 is 3. The maximum Gasteiger partial charge on any atom is 0.203 e. The molecular weight excluding hydrogens is 304 g/mol. The summed E-state index contributed by atoms with van der Waals surface area (Å²) in [5.41, 5.74) is 4.22. The van der Waals surface area contributed by atoms with Gasteiger partial charge >= 0.3 is 0 Å². The number of aromatic nitrogens is 1. The van der Waals surface area contributed by atoms with E-state index in [9.17, 15) is 0 Å². The summed E-state index contributed by atoms with van der Waals surface area (Å²) in [5.74, 6) is 1.82. The number of aryl methyl sites for hydroxylation is 1. The molecule has 0 spiro atoms. The highest BCUT2D eigenvalue weighted by atomic mass is 16.5. The van der Waals surface area contributed by atoms with E-state index in [1.165, 1.54) is 5.69 Å². The predicted molar refractivity (Wildman–Crippen MR) is 97.1 cm³/mol. The van der Waals surface area contributed by atoms with Crippen molar-refractivity contribution in [2.45, 2.75) is 13.3 Å². The van der Waals surface area contributed by atoms with Crippen LogP contribution in [0.1, 0.15) is 12.6 Å². The molecule has 0 amide bonds. The highest BCUT2D eigenvalue weighted by Gasteiger charge is 2.14. The molecule has 0 aliphatic rings. The first-order valence-electron chi connectivity index (χ1n) is 7.87. The first kappa shape index (κ1) is 16.1. The quantitative estimate of drug-likeness (QED) is 0.700. The number of fused-ring (bicyclic) bond motifs is 1. The lowest BCUT2D eigenvalue weighted by molar-refractivity contribution is 0.324. The zero-order chi connectivity index (χ0) is 17.1. The van der Waals surface area contributed by atoms with Crippen molar-refractivity contribution >= 4 is 22.3 Å². The van der Waals surface area contributed by atoms with E-state index in [4.69, 9.17) is 14.2 Å². The zero-order valence-corrected chi connectivity index (χ0v) is 14.4. The summed E-state index contributed by atoms with van der Waals surface area (Å²) in [5, 5.41) is 4.61. The zero-order valence-electron chi connectivity index (χ0n) is 14.4. The van der Waals surface area contributed by atoms with Crippen LogP contribution >= 0.6 is 0 Å². The van der Waals surface area contributed by atoms with Gasteiger partial charge in [-0.2, -0.15) is 0 Å². The molecule has 0 bridgehead atoms. The lowest BCUT2D eigenvalue weighted by atomic mass is 10.2. The third kappa shape index (κ3) is 2.85. The van der Waals surface area contributed by atoms with Gasteiger partial charge in [0.05, 0.1) is 21.3 Å². The molecule has 0 saturated carbocycles. The Morgan fingerprint density at radius 2 is 1.67 bits per heavy atom. The number of benzene rings is 2. The molecule has 1 aromatic heterocycles. The minimum atomic E-state index is 0.582. The van der Waals surface area contributed by atoms with E-state index in [0.29, 0.717) is 17.2 Å². The van der Waals surface area contributed by atoms with Crippen LogP contribution in [0, 0.1) is 0 Å². The third-order valence-corrected chi connectivity index (χ3v) is 4.04. The van der Waals surface area contributed by atoms with E-state index in [1.807, 2.05) is 18.2 Å². The van der Waals surface area contributed by atoms with E-state index >= 15 is 0 Å². The van der Waals surface area contributed by atoms with Crippen LogP contribution in [-0.2, 0) is 6.42 Å². The van der Waals surface area contributed by atoms with Gasteiger partial charge in [-0.3, -0.25) is 0 Å². The Kier molecular flexibility index (Phi) is 4.51. The average molecular weight is 326 g/mol. The first-order valence-corrected chi connectivity index (χ1v) is 7.87. The fraction of sp³-hybridized carbons (Fsp3) is 0.263. The van der Waals surface area contributed by atoms with Gasteiger partial charge in [-0.25, -0.2) is 0 Å². The summed E-state index contributed by atoms with van der Waals surface area (Å²) < 4.78 is 16.2. The summed E-state index contributed by atoms with van der Waals surface area (Å²) in [6.45, 7) is 2.14. The Morgan fingerprint density at radius 3 is 2.25 bits per heavy atom. The van der Waals surface area contributed by atoms with Crippen molar-refractivity contribution in [3.05, 3.63) is 42.1 Å². The third-order valence-electron chi connectivity index (χ3n) is 4.04. The van der Waals surface area contributed by atoms with Crippen LogP contribution in [0.15, 0.2) is 36.4 Å². The van der Waals surface area contributed by atoms with Crippen LogP contribution in [0.3, 0.4) is 0 Å². The van der Waals surface area contributed by atoms with E-state index in [0.717, 1.165) is 28.7 Å². The minimum absolute atomic E-state index is 0.582. The van der Waals surface area contributed by atoms with Crippen molar-refractivity contribution in [1.82, 2.24) is 4.98 Å². The Labute approximate surface area is 141 Å². The summed E-state index contributed by atoms with van der Waals surface area (Å²) >= 11 is 0. The monoisotopic (exact) mass is 326 g/mol. The van der Waals surface area contributed by atoms with Crippen LogP contribution in [0.5, 0.6) is 17.2 Å². The van der Waals surface area contributed by atoms with Crippen molar-refractivity contribution < 1.29 is 14.2 Å². The standard InChI is InChI=1S/C19H22N2O3/c1-5-12-9-14-15(20-12)7-6-8-16(14)21-13-10-17(22-2)19(24-4)18(11-13)23-3/h6-11,20-21H,5H2,1-4H3. The van der Waals surface area contributed by atoms with Gasteiger partial charge in [0.1, 0.15) is 0 Å². The van der Waals surface area contributed by atoms with Gasteiger partial charge in [-0.05, 0) is 24.6 Å². The van der Waals surface area contributed by atoms with Gasteiger partial charge in [0, 0.05) is 40.1 Å².